The minimum Gasteiger partial charge on any atom is -0.863 e. The van der Waals surface area contributed by atoms with E-state index in [0.717, 1.165) is 24.3 Å². The molecule has 2 aromatic rings. The summed E-state index contributed by atoms with van der Waals surface area (Å²) in [5, 5.41) is 48.7. The quantitative estimate of drug-likeness (QED) is 0.440. The van der Waals surface area contributed by atoms with Gasteiger partial charge in [0.15, 0.2) is 0 Å². The van der Waals surface area contributed by atoms with Gasteiger partial charge in [-0.15, -0.1) is 0 Å². The van der Waals surface area contributed by atoms with Gasteiger partial charge >= 0.3 is 0 Å². The van der Waals surface area contributed by atoms with Gasteiger partial charge in [-0.2, -0.15) is 0 Å². The predicted molar refractivity (Wildman–Crippen MR) is 113 cm³/mol. The highest BCUT2D eigenvalue weighted by molar-refractivity contribution is 5.94. The van der Waals surface area contributed by atoms with E-state index in [1.165, 1.54) is 0 Å². The number of carbonyl (C=O) groups excluding carboxylic acids is 1. The summed E-state index contributed by atoms with van der Waals surface area (Å²) in [6, 6.07) is 0.597. The number of aryl methyl sites for hydroxylation is 1. The van der Waals surface area contributed by atoms with Crippen molar-refractivity contribution in [2.45, 2.75) is 40.7 Å². The monoisotopic (exact) mass is 467 g/mol. The zero-order chi connectivity index (χ0) is 25.5. The molecule has 0 radical (unpaired) electrons. The van der Waals surface area contributed by atoms with Crippen molar-refractivity contribution in [1.29, 1.82) is 0 Å². The van der Waals surface area contributed by atoms with E-state index in [9.17, 15) is 40.2 Å². The summed E-state index contributed by atoms with van der Waals surface area (Å²) in [6.07, 6.45) is 0. The molecule has 0 saturated carbocycles. The average molecular weight is 467 g/mol. The van der Waals surface area contributed by atoms with Crippen molar-refractivity contribution in [1.82, 2.24) is 10.1 Å². The van der Waals surface area contributed by atoms with Gasteiger partial charge in [0.2, 0.25) is 11.8 Å². The first-order valence-electron chi connectivity index (χ1n) is 9.61. The zero-order valence-electron chi connectivity index (χ0n) is 18.6. The van der Waals surface area contributed by atoms with Crippen LogP contribution in [0, 0.1) is 44.2 Å². The fourth-order valence-electron chi connectivity index (χ4n) is 2.65. The van der Waals surface area contributed by atoms with Gasteiger partial charge in [-0.05, 0) is 33.9 Å². The molecule has 0 aliphatic heterocycles. The second-order valence-corrected chi connectivity index (χ2v) is 6.69. The molecule has 2 rings (SSSR count). The summed E-state index contributed by atoms with van der Waals surface area (Å²) in [4.78, 5) is 41.6. The standard InChI is InChI=1S/C12H21N3O2.C6H3N3O7/c1-6-15(7-2)10(5)11(16)13-12-8(3)9(4)14-17-12;10-6-4(8(13)14)1-3(7(11)12)2-5(6)9(15)16/h10H,6-7H2,1-5H3,(H,13,16);1-2,10H/p-1. The highest BCUT2D eigenvalue weighted by Crippen LogP contribution is 2.36. The number of nitro groups is 3. The SMILES string of the molecule is CCN(CC)C(C)C(=O)Nc1onc(C)c1C.O=[N+]([O-])c1cc([N+](=O)[O-])c([O-])c([N+](=O)[O-])c1. The molecule has 1 aromatic heterocycles. The number of non-ortho nitro benzene ring substituents is 1. The molecule has 33 heavy (non-hydrogen) atoms. The molecule has 1 N–H and O–H groups in total. The Labute approximate surface area is 187 Å². The summed E-state index contributed by atoms with van der Waals surface area (Å²) < 4.78 is 5.06. The number of nitrogens with one attached hydrogen (secondary N) is 1. The first kappa shape index (κ1) is 26.9. The van der Waals surface area contributed by atoms with Gasteiger partial charge in [-0.3, -0.25) is 45.4 Å². The summed E-state index contributed by atoms with van der Waals surface area (Å²) in [5.74, 6) is -1.07. The van der Waals surface area contributed by atoms with Gasteiger partial charge in [0.1, 0.15) is 0 Å². The van der Waals surface area contributed by atoms with Crippen molar-refractivity contribution in [3.63, 3.8) is 0 Å². The molecule has 1 aromatic carbocycles. The molecule has 15 nitrogen and oxygen atoms in total. The summed E-state index contributed by atoms with van der Waals surface area (Å²) in [7, 11) is 0. The molecule has 1 amide bonds. The maximum atomic E-state index is 12.0. The van der Waals surface area contributed by atoms with Gasteiger partial charge in [-0.25, -0.2) is 0 Å². The van der Waals surface area contributed by atoms with Crippen LogP contribution in [0.5, 0.6) is 5.75 Å². The molecule has 0 aliphatic carbocycles. The minimum absolute atomic E-state index is 0.0621. The summed E-state index contributed by atoms with van der Waals surface area (Å²) in [6.45, 7) is 11.4. The first-order valence-corrected chi connectivity index (χ1v) is 9.61. The molecule has 0 aliphatic rings. The lowest BCUT2D eigenvalue weighted by atomic mass is 10.2. The molecule has 15 heteroatoms. The Morgan fingerprint density at radius 2 is 1.55 bits per heavy atom. The Morgan fingerprint density at radius 1 is 1.06 bits per heavy atom. The number of nitrogens with zero attached hydrogens (tertiary/aromatic N) is 5. The van der Waals surface area contributed by atoms with E-state index in [4.69, 9.17) is 4.52 Å². The third kappa shape index (κ3) is 6.67. The number of benzene rings is 1. The first-order chi connectivity index (χ1) is 15.3. The maximum Gasteiger partial charge on any atom is 0.283 e. The van der Waals surface area contributed by atoms with E-state index in [1.807, 2.05) is 34.6 Å². The van der Waals surface area contributed by atoms with Crippen LogP contribution in [0.4, 0.5) is 22.9 Å². The van der Waals surface area contributed by atoms with E-state index in [-0.39, 0.29) is 11.9 Å². The zero-order valence-corrected chi connectivity index (χ0v) is 18.6. The Balaban J connectivity index is 0.000000331. The number of rotatable bonds is 8. The van der Waals surface area contributed by atoms with Crippen LogP contribution in [0.25, 0.3) is 0 Å². The Morgan fingerprint density at radius 3 is 1.88 bits per heavy atom. The van der Waals surface area contributed by atoms with Gasteiger partial charge in [0.05, 0.1) is 44.4 Å². The summed E-state index contributed by atoms with van der Waals surface area (Å²) >= 11 is 0. The van der Waals surface area contributed by atoms with Crippen molar-refractivity contribution in [2.75, 3.05) is 18.4 Å². The van der Waals surface area contributed by atoms with Crippen LogP contribution in [-0.2, 0) is 4.79 Å². The van der Waals surface area contributed by atoms with Crippen molar-refractivity contribution >= 4 is 28.9 Å². The highest BCUT2D eigenvalue weighted by atomic mass is 16.6. The Bertz CT molecular complexity index is 1010. The summed E-state index contributed by atoms with van der Waals surface area (Å²) in [5.41, 5.74) is -1.58. The smallest absolute Gasteiger partial charge is 0.283 e. The highest BCUT2D eigenvalue weighted by Gasteiger charge is 2.24. The number of nitro benzene ring substituents is 3. The molecule has 0 saturated heterocycles. The van der Waals surface area contributed by atoms with Crippen molar-refractivity contribution < 1.29 is 29.2 Å². The van der Waals surface area contributed by atoms with Crippen molar-refractivity contribution in [3.05, 3.63) is 53.7 Å². The molecule has 180 valence electrons. The third-order valence-electron chi connectivity index (χ3n) is 4.77. The molecular weight excluding hydrogens is 444 g/mol. The van der Waals surface area contributed by atoms with E-state index >= 15 is 0 Å². The lowest BCUT2D eigenvalue weighted by Gasteiger charge is -2.24. The van der Waals surface area contributed by atoms with Crippen molar-refractivity contribution in [3.8, 4) is 5.75 Å². The molecule has 1 atom stereocenters. The van der Waals surface area contributed by atoms with Crippen LogP contribution in [0.2, 0.25) is 0 Å². The van der Waals surface area contributed by atoms with Crippen LogP contribution < -0.4 is 10.4 Å². The Hall–Kier alpha value is -4.14. The molecule has 1 heterocycles. The lowest BCUT2D eigenvalue weighted by Crippen LogP contribution is -2.41. The van der Waals surface area contributed by atoms with Gasteiger partial charge in [0, 0.05) is 5.56 Å². The van der Waals surface area contributed by atoms with E-state index in [0.29, 0.717) is 18.0 Å². The number of amides is 1. The van der Waals surface area contributed by atoms with Gasteiger partial charge in [0.25, 0.3) is 17.1 Å². The minimum atomic E-state index is -1.46. The van der Waals surface area contributed by atoms with Crippen LogP contribution >= 0.6 is 0 Å². The van der Waals surface area contributed by atoms with Crippen molar-refractivity contribution in [2.24, 2.45) is 0 Å². The second kappa shape index (κ2) is 11.5. The number of likely N-dealkylation sites (N-methyl/N-ethyl adjacent to an activating group) is 1. The number of hydrogen-bond acceptors (Lipinski definition) is 11. The molecular formula is C18H23N6O9-. The lowest BCUT2D eigenvalue weighted by molar-refractivity contribution is -0.420. The van der Waals surface area contributed by atoms with Crippen LogP contribution in [0.15, 0.2) is 16.7 Å². The average Bonchev–Trinajstić information content (AvgIpc) is 3.06. The van der Waals surface area contributed by atoms with E-state index in [2.05, 4.69) is 15.4 Å². The molecule has 0 spiro atoms. The van der Waals surface area contributed by atoms with Gasteiger partial charge in [-0.1, -0.05) is 19.0 Å². The van der Waals surface area contributed by atoms with E-state index in [1.54, 1.807) is 0 Å². The largest absolute Gasteiger partial charge is 0.863 e. The number of carbonyl (C=O) groups is 1. The van der Waals surface area contributed by atoms with E-state index < -0.39 is 37.6 Å². The Kier molecular flexibility index (Phi) is 9.35. The number of hydrogen-bond donors (Lipinski definition) is 1. The fourth-order valence-corrected chi connectivity index (χ4v) is 2.65. The topological polar surface area (TPSA) is 211 Å². The predicted octanol–water partition coefficient (Wildman–Crippen LogP) is 2.45. The van der Waals surface area contributed by atoms with Crippen LogP contribution in [0.1, 0.15) is 32.0 Å². The van der Waals surface area contributed by atoms with Crippen LogP contribution in [0.3, 0.4) is 0 Å². The number of aromatic nitrogens is 1. The fraction of sp³-hybridized carbons (Fsp3) is 0.444. The normalized spacial score (nSPS) is 11.3. The van der Waals surface area contributed by atoms with Gasteiger partial charge < -0.3 is 9.63 Å². The molecule has 0 bridgehead atoms. The van der Waals surface area contributed by atoms with Crippen LogP contribution in [-0.4, -0.2) is 49.9 Å². The molecule has 1 unspecified atom stereocenters. The molecule has 0 fully saturated rings. The number of anilines is 1. The second-order valence-electron chi connectivity index (χ2n) is 6.69. The maximum absolute atomic E-state index is 12.0. The third-order valence-corrected chi connectivity index (χ3v) is 4.77.